The third kappa shape index (κ3) is 6.58. The van der Waals surface area contributed by atoms with Gasteiger partial charge in [0, 0.05) is 0 Å². The van der Waals surface area contributed by atoms with Gasteiger partial charge in [0.1, 0.15) is 12.4 Å². The number of rotatable bonds is 8. The number of nitrogens with zero attached hydrogens (tertiary/aromatic N) is 1. The highest BCUT2D eigenvalue weighted by molar-refractivity contribution is 14.1. The Balaban J connectivity index is 1.50. The first kappa shape index (κ1) is 25.1. The third-order valence-corrected chi connectivity index (χ3v) is 6.76. The molecule has 0 radical (unpaired) electrons. The Labute approximate surface area is 222 Å². The molecule has 0 unspecified atom stereocenters. The van der Waals surface area contributed by atoms with E-state index in [0.29, 0.717) is 34.8 Å². The molecule has 6 nitrogen and oxygen atoms in total. The van der Waals surface area contributed by atoms with Gasteiger partial charge in [-0.2, -0.15) is 0 Å². The lowest BCUT2D eigenvalue weighted by atomic mass is 10.1. The fraction of sp³-hybridized carbons (Fsp3) is 0.185. The highest BCUT2D eigenvalue weighted by atomic mass is 127. The Bertz CT molecular complexity index is 1290. The van der Waals surface area contributed by atoms with Crippen molar-refractivity contribution in [2.24, 2.45) is 4.99 Å². The van der Waals surface area contributed by atoms with Crippen LogP contribution in [0.5, 0.6) is 17.2 Å². The van der Waals surface area contributed by atoms with E-state index in [-0.39, 0.29) is 5.91 Å². The number of amides is 1. The zero-order valence-electron chi connectivity index (χ0n) is 19.6. The lowest BCUT2D eigenvalue weighted by molar-refractivity contribution is -0.115. The first-order chi connectivity index (χ1) is 16.9. The molecule has 3 aromatic carbocycles. The van der Waals surface area contributed by atoms with E-state index in [1.807, 2.05) is 61.5 Å². The summed E-state index contributed by atoms with van der Waals surface area (Å²) in [7, 11) is 1.61. The molecule has 35 heavy (non-hydrogen) atoms. The average Bonchev–Trinajstić information content (AvgIpc) is 3.17. The van der Waals surface area contributed by atoms with Crippen LogP contribution in [0.25, 0.3) is 6.08 Å². The van der Waals surface area contributed by atoms with Crippen molar-refractivity contribution in [3.05, 3.63) is 85.8 Å². The first-order valence-electron chi connectivity index (χ1n) is 11.0. The van der Waals surface area contributed by atoms with Crippen molar-refractivity contribution in [2.75, 3.05) is 13.7 Å². The number of aliphatic imine (C=N–C) groups is 1. The zero-order valence-corrected chi connectivity index (χ0v) is 22.6. The molecule has 1 N–H and O–H groups in total. The molecule has 1 aliphatic rings. The van der Waals surface area contributed by atoms with Gasteiger partial charge in [0.25, 0.3) is 5.91 Å². The maximum atomic E-state index is 12.6. The van der Waals surface area contributed by atoms with Crippen molar-refractivity contribution < 1.29 is 19.0 Å². The van der Waals surface area contributed by atoms with Gasteiger partial charge in [-0.3, -0.25) is 4.79 Å². The summed E-state index contributed by atoms with van der Waals surface area (Å²) in [6.45, 7) is 5.05. The predicted octanol–water partition coefficient (Wildman–Crippen LogP) is 6.48. The van der Waals surface area contributed by atoms with Crippen LogP contribution in [0.15, 0.2) is 70.6 Å². The molecule has 1 fully saturated rings. The second-order valence-corrected chi connectivity index (χ2v) is 9.91. The second kappa shape index (κ2) is 11.6. The highest BCUT2D eigenvalue weighted by Gasteiger charge is 2.24. The number of carbonyl (C=O) groups excluding carboxylic acids is 1. The summed E-state index contributed by atoms with van der Waals surface area (Å²) in [6.07, 6.45) is 1.83. The van der Waals surface area contributed by atoms with Crippen molar-refractivity contribution in [2.45, 2.75) is 20.5 Å². The predicted molar refractivity (Wildman–Crippen MR) is 150 cm³/mol. The number of hydrogen-bond acceptors (Lipinski definition) is 6. The van der Waals surface area contributed by atoms with E-state index >= 15 is 0 Å². The highest BCUT2D eigenvalue weighted by Crippen LogP contribution is 2.36. The molecule has 8 heteroatoms. The largest absolute Gasteiger partial charge is 0.494 e. The van der Waals surface area contributed by atoms with Crippen LogP contribution in [0.4, 0.5) is 5.69 Å². The summed E-state index contributed by atoms with van der Waals surface area (Å²) in [5, 5.41) is 3.36. The fourth-order valence-corrected chi connectivity index (χ4v) is 5.08. The number of aryl methyl sites for hydroxylation is 1. The fourth-order valence-electron chi connectivity index (χ4n) is 3.45. The summed E-state index contributed by atoms with van der Waals surface area (Å²) in [5.41, 5.74) is 3.86. The van der Waals surface area contributed by atoms with E-state index in [2.05, 4.69) is 52.0 Å². The van der Waals surface area contributed by atoms with Crippen molar-refractivity contribution in [1.29, 1.82) is 0 Å². The summed E-state index contributed by atoms with van der Waals surface area (Å²) in [4.78, 5) is 17.6. The summed E-state index contributed by atoms with van der Waals surface area (Å²) < 4.78 is 18.0. The molecule has 0 bridgehead atoms. The van der Waals surface area contributed by atoms with Crippen molar-refractivity contribution in [1.82, 2.24) is 5.32 Å². The van der Waals surface area contributed by atoms with Crippen LogP contribution in [0.3, 0.4) is 0 Å². The van der Waals surface area contributed by atoms with E-state index < -0.39 is 0 Å². The molecular formula is C27H25IN2O4S. The van der Waals surface area contributed by atoms with E-state index in [1.165, 1.54) is 17.3 Å². The topological polar surface area (TPSA) is 69.2 Å². The van der Waals surface area contributed by atoms with E-state index in [1.54, 1.807) is 7.11 Å². The molecule has 1 amide bonds. The molecule has 1 aliphatic heterocycles. The lowest BCUT2D eigenvalue weighted by Gasteiger charge is -2.14. The van der Waals surface area contributed by atoms with E-state index in [9.17, 15) is 4.79 Å². The monoisotopic (exact) mass is 600 g/mol. The van der Waals surface area contributed by atoms with Gasteiger partial charge >= 0.3 is 0 Å². The molecule has 4 rings (SSSR count). The Morgan fingerprint density at radius 2 is 1.89 bits per heavy atom. The standard InChI is InChI=1S/C27H25IN2O4S/c1-4-33-21-10-8-20(9-11-21)29-27-30-26(31)24(35-27)15-19-13-22(28)25(23(14-19)32-3)34-16-18-7-5-6-17(2)12-18/h5-15H,4,16H2,1-3H3,(H,29,30,31)/b24-15+. The molecule has 0 aliphatic carbocycles. The maximum absolute atomic E-state index is 12.6. The Kier molecular flexibility index (Phi) is 8.35. The van der Waals surface area contributed by atoms with Gasteiger partial charge in [-0.05, 0) is 102 Å². The number of hydrogen-bond donors (Lipinski definition) is 1. The van der Waals surface area contributed by atoms with E-state index in [0.717, 1.165) is 26.1 Å². The van der Waals surface area contributed by atoms with Crippen LogP contribution >= 0.6 is 34.4 Å². The number of benzene rings is 3. The zero-order chi connectivity index (χ0) is 24.8. The minimum atomic E-state index is -0.187. The van der Waals surface area contributed by atoms with Gasteiger partial charge in [0.2, 0.25) is 0 Å². The molecular weight excluding hydrogens is 575 g/mol. The van der Waals surface area contributed by atoms with Crippen molar-refractivity contribution in [3.63, 3.8) is 0 Å². The normalized spacial score (nSPS) is 15.4. The molecule has 3 aromatic rings. The molecule has 180 valence electrons. The van der Waals surface area contributed by atoms with Crippen LogP contribution in [-0.2, 0) is 11.4 Å². The number of ether oxygens (including phenoxy) is 3. The average molecular weight is 600 g/mol. The van der Waals surface area contributed by atoms with Gasteiger partial charge in [-0.25, -0.2) is 4.99 Å². The first-order valence-corrected chi connectivity index (χ1v) is 12.9. The minimum Gasteiger partial charge on any atom is -0.494 e. The van der Waals surface area contributed by atoms with Gasteiger partial charge in [-0.15, -0.1) is 0 Å². The molecule has 1 heterocycles. The SMILES string of the molecule is CCOc1ccc(N=C2NC(=O)/C(=C\c3cc(I)c(OCc4cccc(C)c4)c(OC)c3)S2)cc1. The number of nitrogens with one attached hydrogen (secondary N) is 1. The quantitative estimate of drug-likeness (QED) is 0.237. The molecule has 0 saturated carbocycles. The second-order valence-electron chi connectivity index (χ2n) is 7.72. The molecule has 1 saturated heterocycles. The van der Waals surface area contributed by atoms with Crippen LogP contribution < -0.4 is 19.5 Å². The number of amidine groups is 1. The minimum absolute atomic E-state index is 0.187. The van der Waals surface area contributed by atoms with Crippen molar-refractivity contribution >= 4 is 57.2 Å². The number of carbonyl (C=O) groups is 1. The summed E-state index contributed by atoms with van der Waals surface area (Å²) in [5.74, 6) is 1.89. The van der Waals surface area contributed by atoms with Gasteiger partial charge in [0.05, 0.1) is 27.9 Å². The summed E-state index contributed by atoms with van der Waals surface area (Å²) >= 11 is 3.53. The third-order valence-electron chi connectivity index (χ3n) is 5.04. The van der Waals surface area contributed by atoms with Crippen LogP contribution in [0, 0.1) is 10.5 Å². The van der Waals surface area contributed by atoms with Gasteiger partial charge < -0.3 is 19.5 Å². The van der Waals surface area contributed by atoms with E-state index in [4.69, 9.17) is 14.2 Å². The Morgan fingerprint density at radius 1 is 1.09 bits per heavy atom. The van der Waals surface area contributed by atoms with Gasteiger partial charge in [-0.1, -0.05) is 29.8 Å². The number of halogens is 1. The molecule has 0 atom stereocenters. The summed E-state index contributed by atoms with van der Waals surface area (Å²) in [6, 6.07) is 19.5. The van der Waals surface area contributed by atoms with Gasteiger partial charge in [0.15, 0.2) is 16.7 Å². The number of thioether (sulfide) groups is 1. The van der Waals surface area contributed by atoms with Crippen LogP contribution in [0.1, 0.15) is 23.6 Å². The maximum Gasteiger partial charge on any atom is 0.264 e. The van der Waals surface area contributed by atoms with Crippen LogP contribution in [0.2, 0.25) is 0 Å². The molecule has 0 spiro atoms. The van der Waals surface area contributed by atoms with Crippen LogP contribution in [-0.4, -0.2) is 24.8 Å². The molecule has 0 aromatic heterocycles. The number of methoxy groups -OCH3 is 1. The smallest absolute Gasteiger partial charge is 0.264 e. The van der Waals surface area contributed by atoms with Crippen molar-refractivity contribution in [3.8, 4) is 17.2 Å². The lowest BCUT2D eigenvalue weighted by Crippen LogP contribution is -2.19. The Hall–Kier alpha value is -2.98. The Morgan fingerprint density at radius 3 is 2.60 bits per heavy atom.